The fourth-order valence-electron chi connectivity index (χ4n) is 2.75. The van der Waals surface area contributed by atoms with Crippen LogP contribution in [-0.2, 0) is 6.54 Å². The fraction of sp³-hybridized carbons (Fsp3) is 0.267. The number of aromatic nitrogens is 5. The summed E-state index contributed by atoms with van der Waals surface area (Å²) in [6.07, 6.45) is 1.14. The topological polar surface area (TPSA) is 68.8 Å². The molecule has 4 rings (SSSR count). The molecule has 112 valence electrons. The van der Waals surface area contributed by atoms with Gasteiger partial charge in [-0.25, -0.2) is 14.6 Å². The lowest BCUT2D eigenvalue weighted by molar-refractivity contribution is 0.188. The first-order chi connectivity index (χ1) is 10.5. The number of fused-ring (bicyclic) bond motifs is 5. The average Bonchev–Trinajstić information content (AvgIpc) is 3.02. The Morgan fingerprint density at radius 3 is 2.95 bits per heavy atom. The lowest BCUT2D eigenvalue weighted by atomic mass is 10.1. The first-order valence-corrected chi connectivity index (χ1v) is 7.80. The Hall–Kier alpha value is -1.99. The summed E-state index contributed by atoms with van der Waals surface area (Å²) in [5, 5.41) is 14.2. The molecule has 1 aliphatic heterocycles. The lowest BCUT2D eigenvalue weighted by Crippen LogP contribution is -2.06. The maximum Gasteiger partial charge on any atom is 0.179 e. The minimum atomic E-state index is -0.693. The van der Waals surface area contributed by atoms with E-state index in [9.17, 15) is 5.11 Å². The van der Waals surface area contributed by atoms with Crippen molar-refractivity contribution in [2.75, 3.05) is 0 Å². The second-order valence-corrected chi connectivity index (χ2v) is 6.35. The summed E-state index contributed by atoms with van der Waals surface area (Å²) in [5.74, 6) is 1.20. The molecule has 3 aromatic rings. The molecule has 0 fully saturated rings. The van der Waals surface area contributed by atoms with Crippen molar-refractivity contribution >= 4 is 15.9 Å². The van der Waals surface area contributed by atoms with Gasteiger partial charge < -0.3 is 9.67 Å². The van der Waals surface area contributed by atoms with Crippen LogP contribution >= 0.6 is 15.9 Å². The third-order valence-electron chi connectivity index (χ3n) is 3.90. The van der Waals surface area contributed by atoms with E-state index in [1.54, 1.807) is 6.92 Å². The van der Waals surface area contributed by atoms with Crippen molar-refractivity contribution in [3.63, 3.8) is 0 Å². The van der Waals surface area contributed by atoms with Crippen molar-refractivity contribution in [3.8, 4) is 17.1 Å². The Morgan fingerprint density at radius 1 is 1.36 bits per heavy atom. The van der Waals surface area contributed by atoms with E-state index < -0.39 is 6.10 Å². The van der Waals surface area contributed by atoms with Gasteiger partial charge in [-0.15, -0.1) is 0 Å². The summed E-state index contributed by atoms with van der Waals surface area (Å²) in [6.45, 7) is 4.24. The first-order valence-electron chi connectivity index (χ1n) is 7.00. The molecule has 0 bridgehead atoms. The number of hydrogen-bond acceptors (Lipinski definition) is 4. The Balaban J connectivity index is 2.05. The van der Waals surface area contributed by atoms with Gasteiger partial charge in [0.25, 0.3) is 0 Å². The molecule has 1 aliphatic rings. The molecule has 1 aromatic carbocycles. The van der Waals surface area contributed by atoms with E-state index in [0.29, 0.717) is 12.4 Å². The number of nitrogens with zero attached hydrogens (tertiary/aromatic N) is 5. The smallest absolute Gasteiger partial charge is 0.179 e. The van der Waals surface area contributed by atoms with Gasteiger partial charge in [-0.1, -0.05) is 15.9 Å². The van der Waals surface area contributed by atoms with E-state index in [0.717, 1.165) is 32.9 Å². The van der Waals surface area contributed by atoms with Crippen LogP contribution in [0.5, 0.6) is 0 Å². The number of aliphatic hydroxyl groups excluding tert-OH is 1. The molecule has 0 radical (unpaired) electrons. The third-order valence-corrected chi connectivity index (χ3v) is 4.39. The predicted octanol–water partition coefficient (Wildman–Crippen LogP) is 2.62. The van der Waals surface area contributed by atoms with Gasteiger partial charge in [0.1, 0.15) is 6.10 Å². The van der Waals surface area contributed by atoms with E-state index >= 15 is 0 Å². The molecule has 1 atom stereocenters. The summed E-state index contributed by atoms with van der Waals surface area (Å²) in [4.78, 5) is 8.95. The summed E-state index contributed by atoms with van der Waals surface area (Å²) in [5.41, 5.74) is 4.02. The molecule has 2 aromatic heterocycles. The minimum absolute atomic E-state index is 0.437. The molecule has 6 nitrogen and oxygen atoms in total. The van der Waals surface area contributed by atoms with Gasteiger partial charge in [-0.2, -0.15) is 5.10 Å². The van der Waals surface area contributed by atoms with Crippen molar-refractivity contribution < 1.29 is 5.11 Å². The zero-order valence-electron chi connectivity index (χ0n) is 12.2. The van der Waals surface area contributed by atoms with Crippen molar-refractivity contribution in [2.24, 2.45) is 0 Å². The van der Waals surface area contributed by atoms with Gasteiger partial charge in [0.05, 0.1) is 29.9 Å². The highest BCUT2D eigenvalue weighted by molar-refractivity contribution is 9.10. The van der Waals surface area contributed by atoms with Crippen molar-refractivity contribution in [3.05, 3.63) is 46.2 Å². The zero-order valence-corrected chi connectivity index (χ0v) is 13.7. The fourth-order valence-corrected chi connectivity index (χ4v) is 3.11. The highest BCUT2D eigenvalue weighted by Crippen LogP contribution is 2.33. The van der Waals surface area contributed by atoms with Gasteiger partial charge in [-0.05, 0) is 32.0 Å². The number of halogens is 1. The average molecular weight is 360 g/mol. The summed E-state index contributed by atoms with van der Waals surface area (Å²) >= 11 is 3.52. The van der Waals surface area contributed by atoms with Crippen LogP contribution in [0.2, 0.25) is 0 Å². The van der Waals surface area contributed by atoms with Crippen LogP contribution in [0.15, 0.2) is 29.0 Å². The molecule has 0 amide bonds. The molecule has 3 heterocycles. The van der Waals surface area contributed by atoms with Gasteiger partial charge >= 0.3 is 0 Å². The van der Waals surface area contributed by atoms with Gasteiger partial charge in [-0.3, -0.25) is 0 Å². The van der Waals surface area contributed by atoms with Crippen LogP contribution in [-0.4, -0.2) is 29.4 Å². The highest BCUT2D eigenvalue weighted by Gasteiger charge is 2.24. The molecule has 1 N–H and O–H groups in total. The van der Waals surface area contributed by atoms with E-state index in [2.05, 4.69) is 35.6 Å². The molecule has 0 unspecified atom stereocenters. The van der Waals surface area contributed by atoms with Crippen LogP contribution in [0.3, 0.4) is 0 Å². The lowest BCUT2D eigenvalue weighted by Gasteiger charge is -2.08. The molecule has 22 heavy (non-hydrogen) atoms. The Bertz CT molecular complexity index is 880. The van der Waals surface area contributed by atoms with Crippen molar-refractivity contribution in [1.82, 2.24) is 24.3 Å². The normalized spacial score (nSPS) is 14.0. The second kappa shape index (κ2) is 4.76. The van der Waals surface area contributed by atoms with E-state index in [-0.39, 0.29) is 0 Å². The molecular weight excluding hydrogens is 346 g/mol. The molecule has 0 saturated heterocycles. The molecule has 0 spiro atoms. The first kappa shape index (κ1) is 13.7. The highest BCUT2D eigenvalue weighted by atomic mass is 79.9. The maximum atomic E-state index is 9.79. The zero-order chi connectivity index (χ0) is 15.4. The van der Waals surface area contributed by atoms with Crippen LogP contribution < -0.4 is 0 Å². The van der Waals surface area contributed by atoms with Crippen LogP contribution in [0.25, 0.3) is 17.1 Å². The van der Waals surface area contributed by atoms with Gasteiger partial charge in [0.2, 0.25) is 0 Å². The number of aliphatic hydroxyl groups is 1. The number of benzene rings is 1. The van der Waals surface area contributed by atoms with Crippen molar-refractivity contribution in [2.45, 2.75) is 26.5 Å². The summed E-state index contributed by atoms with van der Waals surface area (Å²) in [6, 6.07) is 6.06. The molecule has 7 heteroatoms. The molecular formula is C15H14BrN5O. The second-order valence-electron chi connectivity index (χ2n) is 5.44. The van der Waals surface area contributed by atoms with Crippen molar-refractivity contribution in [1.29, 1.82) is 0 Å². The third kappa shape index (κ3) is 1.93. The Labute approximate surface area is 135 Å². The van der Waals surface area contributed by atoms with E-state index in [1.165, 1.54) is 0 Å². The van der Waals surface area contributed by atoms with E-state index in [4.69, 9.17) is 0 Å². The number of aryl methyl sites for hydroxylation is 1. The standard InChI is InChI=1S/C15H14BrN5O/c1-8-13-6-21-15(18-14(19-21)9(2)22)11-5-10(16)3-4-12(11)20(13)7-17-8/h3-5,7,9,22H,6H2,1-2H3/t9-/m0/s1. The number of rotatable bonds is 1. The number of hydrogen-bond donors (Lipinski definition) is 1. The Kier molecular flexibility index (Phi) is 2.95. The van der Waals surface area contributed by atoms with E-state index in [1.807, 2.05) is 36.1 Å². The van der Waals surface area contributed by atoms with Gasteiger partial charge in [0, 0.05) is 10.0 Å². The largest absolute Gasteiger partial charge is 0.385 e. The molecule has 0 aliphatic carbocycles. The summed E-state index contributed by atoms with van der Waals surface area (Å²) < 4.78 is 4.88. The van der Waals surface area contributed by atoms with Crippen LogP contribution in [0, 0.1) is 6.92 Å². The van der Waals surface area contributed by atoms with Gasteiger partial charge in [0.15, 0.2) is 11.6 Å². The Morgan fingerprint density at radius 2 is 2.18 bits per heavy atom. The maximum absolute atomic E-state index is 9.79. The SMILES string of the molecule is Cc1ncn2c1Cn1nc([C@H](C)O)nc1-c1cc(Br)ccc1-2. The predicted molar refractivity (Wildman–Crippen MR) is 84.8 cm³/mol. The summed E-state index contributed by atoms with van der Waals surface area (Å²) in [7, 11) is 0. The quantitative estimate of drug-likeness (QED) is 0.567. The number of imidazole rings is 1. The van der Waals surface area contributed by atoms with Crippen LogP contribution in [0.1, 0.15) is 30.2 Å². The molecule has 0 saturated carbocycles. The minimum Gasteiger partial charge on any atom is -0.385 e. The van der Waals surface area contributed by atoms with Crippen LogP contribution in [0.4, 0.5) is 0 Å². The monoisotopic (exact) mass is 359 g/mol.